The third kappa shape index (κ3) is 4.44. The third-order valence-electron chi connectivity index (χ3n) is 3.71. The molecule has 142 valence electrons. The first kappa shape index (κ1) is 18.7. The smallest absolute Gasteiger partial charge is 0.277 e. The van der Waals surface area contributed by atoms with Gasteiger partial charge < -0.3 is 9.73 Å². The molecule has 28 heavy (non-hydrogen) atoms. The number of amides is 1. The number of carbonyl (C=O) groups excluding carboxylic acids is 1. The molecule has 0 aliphatic rings. The Morgan fingerprint density at radius 2 is 2.11 bits per heavy atom. The highest BCUT2D eigenvalue weighted by atomic mass is 35.5. The molecule has 0 fully saturated rings. The summed E-state index contributed by atoms with van der Waals surface area (Å²) >= 11 is 8.94. The number of halogens is 1. The summed E-state index contributed by atoms with van der Waals surface area (Å²) < 4.78 is 7.34. The van der Waals surface area contributed by atoms with Crippen LogP contribution in [0.2, 0.25) is 5.02 Å². The molecule has 0 saturated heterocycles. The molecule has 0 bridgehead atoms. The van der Waals surface area contributed by atoms with Crippen LogP contribution < -0.4 is 5.32 Å². The van der Waals surface area contributed by atoms with Crippen LogP contribution in [-0.4, -0.2) is 31.6 Å². The second-order valence-corrected chi connectivity index (χ2v) is 8.01. The molecule has 1 N–H and O–H groups in total. The summed E-state index contributed by atoms with van der Waals surface area (Å²) in [6.45, 7) is 0.609. The molecule has 10 heteroatoms. The van der Waals surface area contributed by atoms with Crippen LogP contribution in [0.5, 0.6) is 0 Å². The lowest BCUT2D eigenvalue weighted by Crippen LogP contribution is -2.17. The maximum absolute atomic E-state index is 12.3. The van der Waals surface area contributed by atoms with Crippen LogP contribution >= 0.6 is 34.7 Å². The first-order chi connectivity index (χ1) is 13.7. The number of benzene rings is 1. The fourth-order valence-electron chi connectivity index (χ4n) is 2.43. The van der Waals surface area contributed by atoms with Gasteiger partial charge in [0.1, 0.15) is 5.82 Å². The van der Waals surface area contributed by atoms with Crippen LogP contribution in [0.15, 0.2) is 63.7 Å². The minimum absolute atomic E-state index is 0.133. The van der Waals surface area contributed by atoms with Gasteiger partial charge in [-0.3, -0.25) is 4.79 Å². The van der Waals surface area contributed by atoms with Crippen LogP contribution in [-0.2, 0) is 11.3 Å². The Morgan fingerprint density at radius 1 is 1.21 bits per heavy atom. The number of thiophene rings is 1. The van der Waals surface area contributed by atoms with Crippen molar-refractivity contribution >= 4 is 46.4 Å². The maximum Gasteiger partial charge on any atom is 0.277 e. The molecule has 1 amide bonds. The standard InChI is InChI=1S/C18H14ClN5O2S2/c19-14-6-2-1-5-13(14)17-22-23-18(26-17)28-11-16(25)21-15-7-8-20-24(15)10-12-4-3-9-27-12/h1-9H,10-11H2,(H,21,25). The Hall–Kier alpha value is -2.62. The lowest BCUT2D eigenvalue weighted by molar-refractivity contribution is -0.113. The molecule has 4 aromatic rings. The van der Waals surface area contributed by atoms with Gasteiger partial charge in [-0.2, -0.15) is 5.10 Å². The monoisotopic (exact) mass is 431 g/mol. The highest BCUT2D eigenvalue weighted by Gasteiger charge is 2.14. The van der Waals surface area contributed by atoms with Crippen molar-refractivity contribution < 1.29 is 9.21 Å². The zero-order valence-electron chi connectivity index (χ0n) is 14.4. The van der Waals surface area contributed by atoms with Gasteiger partial charge in [-0.1, -0.05) is 41.6 Å². The number of carbonyl (C=O) groups is 1. The molecule has 1 aromatic carbocycles. The van der Waals surface area contributed by atoms with E-state index < -0.39 is 0 Å². The fraction of sp³-hybridized carbons (Fsp3) is 0.111. The molecular weight excluding hydrogens is 418 g/mol. The number of anilines is 1. The number of hydrogen-bond acceptors (Lipinski definition) is 7. The SMILES string of the molecule is O=C(CSc1nnc(-c2ccccc2Cl)o1)Nc1ccnn1Cc1cccs1. The van der Waals surface area contributed by atoms with Gasteiger partial charge in [0, 0.05) is 10.9 Å². The van der Waals surface area contributed by atoms with Gasteiger partial charge in [-0.15, -0.1) is 21.5 Å². The van der Waals surface area contributed by atoms with Gasteiger partial charge in [0.25, 0.3) is 5.22 Å². The predicted octanol–water partition coefficient (Wildman–Crippen LogP) is 4.43. The van der Waals surface area contributed by atoms with E-state index in [9.17, 15) is 4.79 Å². The van der Waals surface area contributed by atoms with E-state index in [2.05, 4.69) is 20.6 Å². The molecule has 0 unspecified atom stereocenters. The van der Waals surface area contributed by atoms with Gasteiger partial charge in [0.15, 0.2) is 0 Å². The minimum Gasteiger partial charge on any atom is -0.411 e. The lowest BCUT2D eigenvalue weighted by atomic mass is 10.2. The van der Waals surface area contributed by atoms with E-state index >= 15 is 0 Å². The molecular formula is C18H14ClN5O2S2. The summed E-state index contributed by atoms with van der Waals surface area (Å²) in [5.41, 5.74) is 0.658. The topological polar surface area (TPSA) is 85.8 Å². The first-order valence-electron chi connectivity index (χ1n) is 8.24. The second kappa shape index (κ2) is 8.59. The summed E-state index contributed by atoms with van der Waals surface area (Å²) in [5.74, 6) is 0.910. The third-order valence-corrected chi connectivity index (χ3v) is 5.72. The molecule has 3 heterocycles. The van der Waals surface area contributed by atoms with Gasteiger partial charge >= 0.3 is 0 Å². The number of nitrogens with one attached hydrogen (secondary N) is 1. The molecule has 0 radical (unpaired) electrons. The van der Waals surface area contributed by atoms with E-state index in [0.29, 0.717) is 34.1 Å². The fourth-order valence-corrected chi connectivity index (χ4v) is 3.90. The largest absolute Gasteiger partial charge is 0.411 e. The molecule has 0 saturated carbocycles. The van der Waals surface area contributed by atoms with E-state index in [-0.39, 0.29) is 11.7 Å². The molecule has 4 rings (SSSR count). The summed E-state index contributed by atoms with van der Waals surface area (Å²) in [4.78, 5) is 13.4. The summed E-state index contributed by atoms with van der Waals surface area (Å²) in [6.07, 6.45) is 1.66. The number of hydrogen-bond donors (Lipinski definition) is 1. The predicted molar refractivity (Wildman–Crippen MR) is 110 cm³/mol. The molecule has 3 aromatic heterocycles. The molecule has 0 atom stereocenters. The van der Waals surface area contributed by atoms with Gasteiger partial charge in [-0.25, -0.2) is 4.68 Å². The van der Waals surface area contributed by atoms with E-state index in [0.717, 1.165) is 16.6 Å². The number of aromatic nitrogens is 4. The van der Waals surface area contributed by atoms with E-state index in [1.165, 1.54) is 0 Å². The molecule has 0 spiro atoms. The number of nitrogens with zero attached hydrogens (tertiary/aromatic N) is 4. The Kier molecular flexibility index (Phi) is 5.75. The average Bonchev–Trinajstić information content (AvgIpc) is 3.44. The molecule has 7 nitrogen and oxygen atoms in total. The van der Waals surface area contributed by atoms with Crippen molar-refractivity contribution in [2.75, 3.05) is 11.1 Å². The number of rotatable bonds is 7. The molecule has 0 aliphatic heterocycles. The van der Waals surface area contributed by atoms with Crippen molar-refractivity contribution in [2.24, 2.45) is 0 Å². The highest BCUT2D eigenvalue weighted by Crippen LogP contribution is 2.28. The Balaban J connectivity index is 1.35. The van der Waals surface area contributed by atoms with Crippen LogP contribution in [0.3, 0.4) is 0 Å². The Labute approximate surface area is 173 Å². The van der Waals surface area contributed by atoms with Crippen molar-refractivity contribution in [3.8, 4) is 11.5 Å². The quantitative estimate of drug-likeness (QED) is 0.436. The van der Waals surface area contributed by atoms with E-state index in [1.807, 2.05) is 29.6 Å². The molecule has 0 aliphatic carbocycles. The van der Waals surface area contributed by atoms with Gasteiger partial charge in [-0.05, 0) is 23.6 Å². The number of thioether (sulfide) groups is 1. The van der Waals surface area contributed by atoms with Crippen molar-refractivity contribution in [3.63, 3.8) is 0 Å². The first-order valence-corrected chi connectivity index (χ1v) is 10.5. The zero-order valence-corrected chi connectivity index (χ0v) is 16.8. The van der Waals surface area contributed by atoms with Crippen LogP contribution in [0, 0.1) is 0 Å². The van der Waals surface area contributed by atoms with Crippen molar-refractivity contribution in [3.05, 3.63) is 63.9 Å². The van der Waals surface area contributed by atoms with Gasteiger partial charge in [0.2, 0.25) is 11.8 Å². The van der Waals surface area contributed by atoms with Crippen molar-refractivity contribution in [1.82, 2.24) is 20.0 Å². The van der Waals surface area contributed by atoms with Crippen molar-refractivity contribution in [2.45, 2.75) is 11.8 Å². The maximum atomic E-state index is 12.3. The minimum atomic E-state index is -0.185. The zero-order chi connectivity index (χ0) is 19.3. The van der Waals surface area contributed by atoms with Crippen LogP contribution in [0.4, 0.5) is 5.82 Å². The summed E-state index contributed by atoms with van der Waals surface area (Å²) in [7, 11) is 0. The van der Waals surface area contributed by atoms with Crippen LogP contribution in [0.25, 0.3) is 11.5 Å². The highest BCUT2D eigenvalue weighted by molar-refractivity contribution is 7.99. The Bertz CT molecular complexity index is 1080. The average molecular weight is 432 g/mol. The summed E-state index contributed by atoms with van der Waals surface area (Å²) in [5, 5.41) is 17.9. The Morgan fingerprint density at radius 3 is 2.93 bits per heavy atom. The van der Waals surface area contributed by atoms with Gasteiger partial charge in [0.05, 0.1) is 29.1 Å². The van der Waals surface area contributed by atoms with Crippen LogP contribution in [0.1, 0.15) is 4.88 Å². The lowest BCUT2D eigenvalue weighted by Gasteiger charge is -2.07. The van der Waals surface area contributed by atoms with E-state index in [1.54, 1.807) is 40.4 Å². The normalized spacial score (nSPS) is 10.9. The van der Waals surface area contributed by atoms with Crippen molar-refractivity contribution in [1.29, 1.82) is 0 Å². The second-order valence-electron chi connectivity index (χ2n) is 5.64. The summed E-state index contributed by atoms with van der Waals surface area (Å²) in [6, 6.07) is 13.0. The van der Waals surface area contributed by atoms with E-state index in [4.69, 9.17) is 16.0 Å².